The summed E-state index contributed by atoms with van der Waals surface area (Å²) in [4.78, 5) is 2.20. The second-order valence-corrected chi connectivity index (χ2v) is 3.19. The van der Waals surface area contributed by atoms with Crippen molar-refractivity contribution in [3.05, 3.63) is 0 Å². The summed E-state index contributed by atoms with van der Waals surface area (Å²) in [6, 6.07) is 0. The first-order valence-electron chi connectivity index (χ1n) is 4.86. The van der Waals surface area contributed by atoms with Crippen LogP contribution in [-0.4, -0.2) is 42.1 Å². The lowest BCUT2D eigenvalue weighted by Gasteiger charge is -2.19. The molecule has 0 atom stereocenters. The lowest BCUT2D eigenvalue weighted by Crippen LogP contribution is -2.29. The van der Waals surface area contributed by atoms with Crippen molar-refractivity contribution in [1.29, 1.82) is 5.41 Å². The van der Waals surface area contributed by atoms with E-state index in [1.54, 1.807) is 0 Å². The van der Waals surface area contributed by atoms with Gasteiger partial charge in [-0.2, -0.15) is 0 Å². The van der Waals surface area contributed by atoms with Crippen molar-refractivity contribution in [3.8, 4) is 0 Å². The summed E-state index contributed by atoms with van der Waals surface area (Å²) in [7, 11) is 0. The Morgan fingerprint density at radius 1 is 1.38 bits per heavy atom. The highest BCUT2D eigenvalue weighted by atomic mass is 16.3. The number of nitrogens with zero attached hydrogens (tertiary/aromatic N) is 1. The van der Waals surface area contributed by atoms with E-state index < -0.39 is 0 Å². The van der Waals surface area contributed by atoms with E-state index in [2.05, 4.69) is 11.8 Å². The average Bonchev–Trinajstić information content (AvgIpc) is 2.04. The first kappa shape index (κ1) is 12.4. The lowest BCUT2D eigenvalue weighted by molar-refractivity contribution is 0.195. The number of nitrogens with two attached hydrogens (primary N) is 1. The van der Waals surface area contributed by atoms with Gasteiger partial charge in [0.2, 0.25) is 0 Å². The fraction of sp³-hybridized carbons (Fsp3) is 0.889. The third-order valence-electron chi connectivity index (χ3n) is 1.88. The molecule has 0 radical (unpaired) electrons. The Labute approximate surface area is 80.2 Å². The molecule has 0 aliphatic heterocycles. The zero-order chi connectivity index (χ0) is 10.1. The third kappa shape index (κ3) is 7.74. The van der Waals surface area contributed by atoms with Gasteiger partial charge in [-0.25, -0.2) is 0 Å². The van der Waals surface area contributed by atoms with Crippen molar-refractivity contribution < 1.29 is 5.11 Å². The number of hydrogen-bond donors (Lipinski definition) is 3. The minimum Gasteiger partial charge on any atom is -0.395 e. The van der Waals surface area contributed by atoms with Gasteiger partial charge in [0.1, 0.15) is 0 Å². The van der Waals surface area contributed by atoms with Gasteiger partial charge in [-0.05, 0) is 25.9 Å². The lowest BCUT2D eigenvalue weighted by atomic mass is 10.2. The largest absolute Gasteiger partial charge is 0.395 e. The van der Waals surface area contributed by atoms with Crippen LogP contribution in [0.15, 0.2) is 0 Å². The first-order valence-corrected chi connectivity index (χ1v) is 4.86. The second kappa shape index (κ2) is 8.01. The number of nitrogens with one attached hydrogen (secondary N) is 1. The number of amidine groups is 1. The van der Waals surface area contributed by atoms with E-state index in [1.165, 1.54) is 0 Å². The number of aliphatic hydroxyl groups is 1. The van der Waals surface area contributed by atoms with Crippen LogP contribution in [0.4, 0.5) is 0 Å². The second-order valence-electron chi connectivity index (χ2n) is 3.19. The van der Waals surface area contributed by atoms with Crippen LogP contribution in [0, 0.1) is 5.41 Å². The molecule has 0 aliphatic carbocycles. The van der Waals surface area contributed by atoms with Crippen LogP contribution in [0.1, 0.15) is 26.2 Å². The Hall–Kier alpha value is -0.610. The standard InChI is InChI=1S/C9H21N3O/c1-2-5-12(7-8-13)6-3-4-9(10)11/h13H,2-8H2,1H3,(H3,10,11). The Kier molecular flexibility index (Phi) is 7.63. The Bertz CT molecular complexity index is 133. The summed E-state index contributed by atoms with van der Waals surface area (Å²) in [5.41, 5.74) is 5.24. The summed E-state index contributed by atoms with van der Waals surface area (Å²) >= 11 is 0. The summed E-state index contributed by atoms with van der Waals surface area (Å²) < 4.78 is 0. The van der Waals surface area contributed by atoms with E-state index in [-0.39, 0.29) is 12.4 Å². The molecule has 4 N–H and O–H groups in total. The van der Waals surface area contributed by atoms with Gasteiger partial charge in [0.15, 0.2) is 0 Å². The molecule has 0 bridgehead atoms. The number of rotatable bonds is 8. The molecule has 0 aromatic heterocycles. The fourth-order valence-corrected chi connectivity index (χ4v) is 1.29. The van der Waals surface area contributed by atoms with Gasteiger partial charge in [0, 0.05) is 13.0 Å². The van der Waals surface area contributed by atoms with Crippen LogP contribution >= 0.6 is 0 Å². The molecule has 0 spiro atoms. The summed E-state index contributed by atoms with van der Waals surface area (Å²) in [6.45, 7) is 4.99. The van der Waals surface area contributed by atoms with Crippen molar-refractivity contribution in [2.45, 2.75) is 26.2 Å². The first-order chi connectivity index (χ1) is 6.20. The summed E-state index contributed by atoms with van der Waals surface area (Å²) in [6.07, 6.45) is 2.67. The predicted octanol–water partition coefficient (Wildman–Crippen LogP) is 0.407. The molecule has 0 unspecified atom stereocenters. The van der Waals surface area contributed by atoms with Gasteiger partial charge in [0.25, 0.3) is 0 Å². The smallest absolute Gasteiger partial charge is 0.0905 e. The third-order valence-corrected chi connectivity index (χ3v) is 1.88. The molecule has 0 saturated heterocycles. The molecule has 4 nitrogen and oxygen atoms in total. The van der Waals surface area contributed by atoms with Crippen LogP contribution in [-0.2, 0) is 0 Å². The van der Waals surface area contributed by atoms with Gasteiger partial charge in [0.05, 0.1) is 12.4 Å². The molecule has 0 aromatic carbocycles. The van der Waals surface area contributed by atoms with Gasteiger partial charge < -0.3 is 15.7 Å². The van der Waals surface area contributed by atoms with Crippen LogP contribution in [0.25, 0.3) is 0 Å². The maximum Gasteiger partial charge on any atom is 0.0905 e. The van der Waals surface area contributed by atoms with Crippen LogP contribution in [0.2, 0.25) is 0 Å². The van der Waals surface area contributed by atoms with E-state index >= 15 is 0 Å². The SMILES string of the molecule is CCCN(CCO)CCCC(=N)N. The van der Waals surface area contributed by atoms with Gasteiger partial charge in [-0.1, -0.05) is 6.92 Å². The summed E-state index contributed by atoms with van der Waals surface area (Å²) in [5.74, 6) is 0.250. The van der Waals surface area contributed by atoms with Gasteiger partial charge >= 0.3 is 0 Å². The topological polar surface area (TPSA) is 73.3 Å². The quantitative estimate of drug-likeness (QED) is 0.380. The average molecular weight is 187 g/mol. The zero-order valence-electron chi connectivity index (χ0n) is 8.42. The normalized spacial score (nSPS) is 10.7. The zero-order valence-corrected chi connectivity index (χ0v) is 8.42. The maximum atomic E-state index is 8.76. The molecule has 0 saturated carbocycles. The number of aliphatic hydroxyl groups excluding tert-OH is 1. The molecule has 13 heavy (non-hydrogen) atoms. The van der Waals surface area contributed by atoms with Crippen molar-refractivity contribution in [3.63, 3.8) is 0 Å². The minimum atomic E-state index is 0.208. The monoisotopic (exact) mass is 187 g/mol. The molecule has 0 aromatic rings. The van der Waals surface area contributed by atoms with E-state index in [4.69, 9.17) is 16.2 Å². The Balaban J connectivity index is 3.49. The molecular formula is C9H21N3O. The maximum absolute atomic E-state index is 8.76. The fourth-order valence-electron chi connectivity index (χ4n) is 1.29. The van der Waals surface area contributed by atoms with Crippen molar-refractivity contribution >= 4 is 5.84 Å². The van der Waals surface area contributed by atoms with E-state index in [0.717, 1.165) is 32.5 Å². The highest BCUT2D eigenvalue weighted by Gasteiger charge is 2.02. The van der Waals surface area contributed by atoms with Crippen molar-refractivity contribution in [1.82, 2.24) is 4.90 Å². The van der Waals surface area contributed by atoms with E-state index in [9.17, 15) is 0 Å². The van der Waals surface area contributed by atoms with Crippen LogP contribution in [0.5, 0.6) is 0 Å². The van der Waals surface area contributed by atoms with Crippen LogP contribution in [0.3, 0.4) is 0 Å². The molecule has 0 aliphatic rings. The molecule has 0 fully saturated rings. The molecule has 0 rings (SSSR count). The predicted molar refractivity (Wildman–Crippen MR) is 55.0 cm³/mol. The molecule has 4 heteroatoms. The molecule has 0 amide bonds. The highest BCUT2D eigenvalue weighted by molar-refractivity contribution is 5.76. The van der Waals surface area contributed by atoms with Crippen molar-refractivity contribution in [2.75, 3.05) is 26.2 Å². The van der Waals surface area contributed by atoms with Crippen LogP contribution < -0.4 is 5.73 Å². The van der Waals surface area contributed by atoms with Crippen molar-refractivity contribution in [2.24, 2.45) is 5.73 Å². The molecule has 0 heterocycles. The minimum absolute atomic E-state index is 0.208. The van der Waals surface area contributed by atoms with Gasteiger partial charge in [-0.15, -0.1) is 0 Å². The number of hydrogen-bond acceptors (Lipinski definition) is 3. The Morgan fingerprint density at radius 2 is 2.08 bits per heavy atom. The molecule has 78 valence electrons. The molecular weight excluding hydrogens is 166 g/mol. The Morgan fingerprint density at radius 3 is 2.54 bits per heavy atom. The van der Waals surface area contributed by atoms with E-state index in [1.807, 2.05) is 0 Å². The highest BCUT2D eigenvalue weighted by Crippen LogP contribution is 1.96. The van der Waals surface area contributed by atoms with Gasteiger partial charge in [-0.3, -0.25) is 5.41 Å². The van der Waals surface area contributed by atoms with E-state index in [0.29, 0.717) is 6.42 Å². The summed E-state index contributed by atoms with van der Waals surface area (Å²) in [5, 5.41) is 15.8.